The van der Waals surface area contributed by atoms with Gasteiger partial charge in [-0.1, -0.05) is 0 Å². The van der Waals surface area contributed by atoms with Crippen LogP contribution in [0.3, 0.4) is 0 Å². The van der Waals surface area contributed by atoms with Gasteiger partial charge in [0, 0.05) is 36.6 Å². The number of hydrogen-bond donors (Lipinski definition) is 1. The van der Waals surface area contributed by atoms with Crippen LogP contribution in [-0.2, 0) is 6.54 Å². The molecule has 0 radical (unpaired) electrons. The second-order valence-corrected chi connectivity index (χ2v) is 8.37. The zero-order valence-electron chi connectivity index (χ0n) is 18.2. The molecule has 0 spiro atoms. The van der Waals surface area contributed by atoms with E-state index in [0.717, 1.165) is 11.3 Å². The van der Waals surface area contributed by atoms with Gasteiger partial charge in [-0.2, -0.15) is 5.10 Å². The highest BCUT2D eigenvalue weighted by Crippen LogP contribution is 2.27. The van der Waals surface area contributed by atoms with E-state index >= 15 is 0 Å². The van der Waals surface area contributed by atoms with E-state index < -0.39 is 0 Å². The number of rotatable bonds is 8. The minimum Gasteiger partial charge on any atom is -0.467 e. The first-order valence-electron chi connectivity index (χ1n) is 10.9. The molecule has 4 aromatic rings. The number of nitrogens with one attached hydrogen (secondary N) is 1. The van der Waals surface area contributed by atoms with Gasteiger partial charge in [0.25, 0.3) is 5.91 Å². The lowest BCUT2D eigenvalue weighted by Crippen LogP contribution is -2.41. The topological polar surface area (TPSA) is 89.1 Å². The van der Waals surface area contributed by atoms with E-state index in [-0.39, 0.29) is 11.9 Å². The molecule has 8 nitrogen and oxygen atoms in total. The van der Waals surface area contributed by atoms with Crippen molar-refractivity contribution in [3.8, 4) is 11.3 Å². The van der Waals surface area contributed by atoms with Crippen molar-refractivity contribution in [2.45, 2.75) is 38.4 Å². The van der Waals surface area contributed by atoms with Crippen molar-refractivity contribution in [3.05, 3.63) is 66.5 Å². The fourth-order valence-corrected chi connectivity index (χ4v) is 3.88. The van der Waals surface area contributed by atoms with Crippen molar-refractivity contribution in [1.29, 1.82) is 0 Å². The van der Waals surface area contributed by atoms with Crippen LogP contribution in [0.25, 0.3) is 22.3 Å². The summed E-state index contributed by atoms with van der Waals surface area (Å²) in [5, 5.41) is 8.31. The Hall–Kier alpha value is -3.52. The second kappa shape index (κ2) is 8.55. The van der Waals surface area contributed by atoms with Gasteiger partial charge in [0.2, 0.25) is 0 Å². The van der Waals surface area contributed by atoms with Crippen LogP contribution >= 0.6 is 0 Å². The molecule has 8 heteroatoms. The van der Waals surface area contributed by atoms with E-state index in [2.05, 4.69) is 34.3 Å². The molecule has 0 bridgehead atoms. The van der Waals surface area contributed by atoms with E-state index in [1.807, 2.05) is 30.3 Å². The van der Waals surface area contributed by atoms with Crippen molar-refractivity contribution < 1.29 is 9.21 Å². The van der Waals surface area contributed by atoms with Crippen LogP contribution in [0.4, 0.5) is 0 Å². The summed E-state index contributed by atoms with van der Waals surface area (Å²) < 4.78 is 7.24. The zero-order chi connectivity index (χ0) is 22.1. The maximum atomic E-state index is 13.3. The van der Waals surface area contributed by atoms with Gasteiger partial charge in [-0.3, -0.25) is 14.7 Å². The van der Waals surface area contributed by atoms with Crippen LogP contribution in [0.2, 0.25) is 0 Å². The molecule has 1 fully saturated rings. The smallest absolute Gasteiger partial charge is 0.252 e. The summed E-state index contributed by atoms with van der Waals surface area (Å²) in [6, 6.07) is 10.3. The van der Waals surface area contributed by atoms with Gasteiger partial charge in [-0.05, 0) is 57.1 Å². The maximum Gasteiger partial charge on any atom is 0.252 e. The van der Waals surface area contributed by atoms with Gasteiger partial charge in [0.1, 0.15) is 12.3 Å². The number of carbonyl (C=O) groups excluding carboxylic acids is 1. The minimum absolute atomic E-state index is 0.129. The van der Waals surface area contributed by atoms with Crippen molar-refractivity contribution in [1.82, 2.24) is 30.0 Å². The van der Waals surface area contributed by atoms with Gasteiger partial charge >= 0.3 is 0 Å². The normalized spacial score (nSPS) is 14.7. The Kier molecular flexibility index (Phi) is 5.45. The summed E-state index contributed by atoms with van der Waals surface area (Å²) in [5.41, 5.74) is 2.72. The molecule has 0 aliphatic heterocycles. The van der Waals surface area contributed by atoms with Gasteiger partial charge in [-0.15, -0.1) is 0 Å². The summed E-state index contributed by atoms with van der Waals surface area (Å²) in [4.78, 5) is 24.6. The Morgan fingerprint density at radius 2 is 2.19 bits per heavy atom. The molecular formula is C24H26N6O2. The molecular weight excluding hydrogens is 404 g/mol. The Morgan fingerprint density at radius 1 is 1.31 bits per heavy atom. The fourth-order valence-electron chi connectivity index (χ4n) is 3.88. The number of likely N-dealkylation sites (N-methyl/N-ethyl adjacent to an activating group) is 1. The Bertz CT molecular complexity index is 1210. The number of hydrogen-bond acceptors (Lipinski definition) is 6. The molecule has 1 amide bonds. The first kappa shape index (κ1) is 20.4. The number of aromatic nitrogens is 4. The van der Waals surface area contributed by atoms with Gasteiger partial charge in [0.15, 0.2) is 5.65 Å². The third kappa shape index (κ3) is 4.13. The molecule has 1 saturated carbocycles. The average Bonchev–Trinajstić information content (AvgIpc) is 3.41. The number of pyridine rings is 2. The summed E-state index contributed by atoms with van der Waals surface area (Å²) in [6.45, 7) is 3.16. The molecule has 1 N–H and O–H groups in total. The molecule has 4 aromatic heterocycles. The number of carbonyl (C=O) groups is 1. The van der Waals surface area contributed by atoms with E-state index in [4.69, 9.17) is 9.40 Å². The van der Waals surface area contributed by atoms with Gasteiger partial charge < -0.3 is 9.73 Å². The van der Waals surface area contributed by atoms with Crippen LogP contribution in [-0.4, -0.2) is 56.2 Å². The van der Waals surface area contributed by atoms with E-state index in [0.29, 0.717) is 41.4 Å². The fraction of sp³-hybridized carbons (Fsp3) is 0.333. The van der Waals surface area contributed by atoms with Crippen LogP contribution in [0, 0.1) is 0 Å². The van der Waals surface area contributed by atoms with E-state index in [1.54, 1.807) is 29.5 Å². The molecule has 164 valence electrons. The SMILES string of the molecule is CC(CNC(=O)c1cc(-c2cccnc2)nc2c1cnn2Cc1ccco1)N(C)C1CC1. The molecule has 1 unspecified atom stereocenters. The first-order valence-corrected chi connectivity index (χ1v) is 10.9. The number of furan rings is 1. The summed E-state index contributed by atoms with van der Waals surface area (Å²) >= 11 is 0. The third-order valence-corrected chi connectivity index (χ3v) is 6.07. The Morgan fingerprint density at radius 3 is 2.91 bits per heavy atom. The van der Waals surface area contributed by atoms with Gasteiger partial charge in [-0.25, -0.2) is 9.67 Å². The lowest BCUT2D eigenvalue weighted by Gasteiger charge is -2.24. The summed E-state index contributed by atoms with van der Waals surface area (Å²) in [6.07, 6.45) is 9.28. The molecule has 1 atom stereocenters. The van der Waals surface area contributed by atoms with Crippen molar-refractivity contribution in [2.75, 3.05) is 13.6 Å². The van der Waals surface area contributed by atoms with Crippen molar-refractivity contribution in [2.24, 2.45) is 0 Å². The first-order chi connectivity index (χ1) is 15.6. The average molecular weight is 431 g/mol. The van der Waals surface area contributed by atoms with Crippen molar-refractivity contribution >= 4 is 16.9 Å². The maximum absolute atomic E-state index is 13.3. The lowest BCUT2D eigenvalue weighted by atomic mass is 10.1. The molecule has 0 saturated heterocycles. The molecule has 5 rings (SSSR count). The minimum atomic E-state index is -0.129. The summed E-state index contributed by atoms with van der Waals surface area (Å²) in [7, 11) is 2.12. The summed E-state index contributed by atoms with van der Waals surface area (Å²) in [5.74, 6) is 0.641. The Labute approximate surface area is 186 Å². The van der Waals surface area contributed by atoms with E-state index in [1.165, 1.54) is 12.8 Å². The predicted molar refractivity (Wildman–Crippen MR) is 121 cm³/mol. The third-order valence-electron chi connectivity index (χ3n) is 6.07. The highest BCUT2D eigenvalue weighted by molar-refractivity contribution is 6.06. The number of nitrogens with zero attached hydrogens (tertiary/aromatic N) is 5. The zero-order valence-corrected chi connectivity index (χ0v) is 18.2. The van der Waals surface area contributed by atoms with Crippen LogP contribution in [0.1, 0.15) is 35.9 Å². The standard InChI is InChI=1S/C24H26N6O2/c1-16(29(2)18-7-8-18)12-26-24(31)20-11-22(17-5-3-9-25-13-17)28-23-21(20)14-27-30(23)15-19-6-4-10-32-19/h3-6,9-11,13-14,16,18H,7-8,12,15H2,1-2H3,(H,26,31). The monoisotopic (exact) mass is 430 g/mol. The number of fused-ring (bicyclic) bond motifs is 1. The quantitative estimate of drug-likeness (QED) is 0.461. The largest absolute Gasteiger partial charge is 0.467 e. The molecule has 4 heterocycles. The molecule has 32 heavy (non-hydrogen) atoms. The second-order valence-electron chi connectivity index (χ2n) is 8.37. The lowest BCUT2D eigenvalue weighted by molar-refractivity contribution is 0.0941. The number of amides is 1. The highest BCUT2D eigenvalue weighted by atomic mass is 16.3. The molecule has 1 aliphatic carbocycles. The van der Waals surface area contributed by atoms with Crippen LogP contribution < -0.4 is 5.32 Å². The van der Waals surface area contributed by atoms with E-state index in [9.17, 15) is 4.79 Å². The highest BCUT2D eigenvalue weighted by Gasteiger charge is 2.29. The molecule has 1 aliphatic rings. The van der Waals surface area contributed by atoms with Gasteiger partial charge in [0.05, 0.1) is 29.1 Å². The predicted octanol–water partition coefficient (Wildman–Crippen LogP) is 3.35. The Balaban J connectivity index is 1.48. The van der Waals surface area contributed by atoms with Crippen molar-refractivity contribution in [3.63, 3.8) is 0 Å². The van der Waals surface area contributed by atoms with Crippen LogP contribution in [0.15, 0.2) is 59.6 Å². The molecule has 0 aromatic carbocycles. The van der Waals surface area contributed by atoms with Crippen LogP contribution in [0.5, 0.6) is 0 Å².